The van der Waals surface area contributed by atoms with Crippen molar-refractivity contribution in [2.45, 2.75) is 37.6 Å². The van der Waals surface area contributed by atoms with E-state index in [4.69, 9.17) is 11.5 Å². The molecule has 6 heteroatoms. The Morgan fingerprint density at radius 1 is 1.00 bits per heavy atom. The lowest BCUT2D eigenvalue weighted by Crippen LogP contribution is -2.54. The highest BCUT2D eigenvalue weighted by Gasteiger charge is 2.40. The van der Waals surface area contributed by atoms with Crippen LogP contribution < -0.4 is 11.5 Å². The van der Waals surface area contributed by atoms with Crippen molar-refractivity contribution in [1.82, 2.24) is 9.80 Å². The molecule has 6 nitrogen and oxygen atoms in total. The maximum Gasteiger partial charge on any atom is 0.242 e. The summed E-state index contributed by atoms with van der Waals surface area (Å²) in [6, 6.07) is 0. The van der Waals surface area contributed by atoms with Gasteiger partial charge >= 0.3 is 0 Å². The van der Waals surface area contributed by atoms with Gasteiger partial charge in [0.1, 0.15) is 0 Å². The summed E-state index contributed by atoms with van der Waals surface area (Å²) in [5.74, 6) is -0.225. The average Bonchev–Trinajstić information content (AvgIpc) is 2.67. The highest BCUT2D eigenvalue weighted by molar-refractivity contribution is 5.86. The second kappa shape index (κ2) is 5.88. The van der Waals surface area contributed by atoms with E-state index >= 15 is 0 Å². The Labute approximate surface area is 114 Å². The van der Waals surface area contributed by atoms with Gasteiger partial charge in [-0.3, -0.25) is 14.5 Å². The van der Waals surface area contributed by atoms with Gasteiger partial charge in [0.15, 0.2) is 0 Å². The summed E-state index contributed by atoms with van der Waals surface area (Å²) in [4.78, 5) is 27.3. The van der Waals surface area contributed by atoms with Crippen molar-refractivity contribution in [2.75, 3.05) is 32.7 Å². The molecule has 1 aliphatic heterocycles. The van der Waals surface area contributed by atoms with Crippen LogP contribution in [0, 0.1) is 0 Å². The highest BCUT2D eigenvalue weighted by atomic mass is 16.2. The van der Waals surface area contributed by atoms with E-state index in [9.17, 15) is 9.59 Å². The van der Waals surface area contributed by atoms with Gasteiger partial charge in [-0.1, -0.05) is 12.8 Å². The Hall–Kier alpha value is -1.14. The molecule has 108 valence electrons. The van der Waals surface area contributed by atoms with Crippen molar-refractivity contribution in [3.63, 3.8) is 0 Å². The van der Waals surface area contributed by atoms with Crippen molar-refractivity contribution in [1.29, 1.82) is 0 Å². The number of amides is 2. The van der Waals surface area contributed by atoms with Crippen LogP contribution in [0.15, 0.2) is 0 Å². The van der Waals surface area contributed by atoms with Gasteiger partial charge in [-0.15, -0.1) is 0 Å². The zero-order valence-electron chi connectivity index (χ0n) is 11.4. The van der Waals surface area contributed by atoms with E-state index in [0.29, 0.717) is 13.1 Å². The van der Waals surface area contributed by atoms with Gasteiger partial charge in [0.05, 0.1) is 12.1 Å². The summed E-state index contributed by atoms with van der Waals surface area (Å²) in [6.07, 6.45) is 4.56. The fourth-order valence-corrected chi connectivity index (χ4v) is 3.09. The minimum Gasteiger partial charge on any atom is -0.369 e. The van der Waals surface area contributed by atoms with Crippen molar-refractivity contribution in [3.8, 4) is 0 Å². The molecule has 1 saturated heterocycles. The minimum absolute atomic E-state index is 0.0888. The Morgan fingerprint density at radius 2 is 1.68 bits per heavy atom. The predicted octanol–water partition coefficient (Wildman–Crippen LogP) is -0.722. The van der Waals surface area contributed by atoms with Crippen molar-refractivity contribution < 1.29 is 9.59 Å². The maximum absolute atomic E-state index is 12.5. The fourth-order valence-electron chi connectivity index (χ4n) is 3.09. The molecule has 19 heavy (non-hydrogen) atoms. The van der Waals surface area contributed by atoms with E-state index in [0.717, 1.165) is 45.2 Å². The SMILES string of the molecule is NC(=O)CN1CCCN(C(=O)C2(N)CCCC2)CC1. The molecular formula is C13H24N4O2. The number of hydrogen-bond acceptors (Lipinski definition) is 4. The number of rotatable bonds is 3. The first-order valence-corrected chi connectivity index (χ1v) is 7.10. The molecule has 2 fully saturated rings. The lowest BCUT2D eigenvalue weighted by atomic mass is 9.97. The molecule has 2 amide bonds. The molecule has 4 N–H and O–H groups in total. The number of nitrogens with two attached hydrogens (primary N) is 2. The standard InChI is InChI=1S/C13H24N4O2/c14-11(18)10-16-6-3-7-17(9-8-16)12(19)13(15)4-1-2-5-13/h1-10,15H2,(H2,14,18). The molecule has 0 radical (unpaired) electrons. The lowest BCUT2D eigenvalue weighted by molar-refractivity contribution is -0.136. The molecule has 0 spiro atoms. The normalized spacial score (nSPS) is 24.2. The molecule has 1 aliphatic carbocycles. The number of nitrogens with zero attached hydrogens (tertiary/aromatic N) is 2. The molecule has 2 rings (SSSR count). The van der Waals surface area contributed by atoms with E-state index in [2.05, 4.69) is 0 Å². The first kappa shape index (κ1) is 14.3. The van der Waals surface area contributed by atoms with Gasteiger partial charge in [0.25, 0.3) is 0 Å². The second-order valence-corrected chi connectivity index (χ2v) is 5.75. The Kier molecular flexibility index (Phi) is 4.42. The molecule has 1 heterocycles. The Bertz CT molecular complexity index is 353. The third kappa shape index (κ3) is 3.45. The smallest absolute Gasteiger partial charge is 0.242 e. The molecule has 0 unspecified atom stereocenters. The van der Waals surface area contributed by atoms with Gasteiger partial charge < -0.3 is 16.4 Å². The second-order valence-electron chi connectivity index (χ2n) is 5.75. The van der Waals surface area contributed by atoms with Crippen LogP contribution >= 0.6 is 0 Å². The molecule has 0 aromatic rings. The summed E-state index contributed by atoms with van der Waals surface area (Å²) < 4.78 is 0. The third-order valence-electron chi connectivity index (χ3n) is 4.18. The summed E-state index contributed by atoms with van der Waals surface area (Å²) in [5.41, 5.74) is 10.8. The van der Waals surface area contributed by atoms with Gasteiger partial charge in [-0.25, -0.2) is 0 Å². The Morgan fingerprint density at radius 3 is 2.32 bits per heavy atom. The Balaban J connectivity index is 1.91. The first-order chi connectivity index (χ1) is 9.01. The van der Waals surface area contributed by atoms with Crippen molar-refractivity contribution in [3.05, 3.63) is 0 Å². The first-order valence-electron chi connectivity index (χ1n) is 7.10. The van der Waals surface area contributed by atoms with Crippen LogP contribution in [-0.2, 0) is 9.59 Å². The average molecular weight is 268 g/mol. The predicted molar refractivity (Wildman–Crippen MR) is 72.2 cm³/mol. The molecule has 1 saturated carbocycles. The lowest BCUT2D eigenvalue weighted by Gasteiger charge is -2.30. The molecule has 0 aromatic carbocycles. The van der Waals surface area contributed by atoms with Crippen molar-refractivity contribution >= 4 is 11.8 Å². The zero-order chi connectivity index (χ0) is 13.9. The third-order valence-corrected chi connectivity index (χ3v) is 4.18. The van der Waals surface area contributed by atoms with Gasteiger partial charge in [-0.2, -0.15) is 0 Å². The molecule has 0 bridgehead atoms. The quantitative estimate of drug-likeness (QED) is 0.706. The number of primary amides is 1. The van der Waals surface area contributed by atoms with Crippen LogP contribution in [-0.4, -0.2) is 59.9 Å². The van der Waals surface area contributed by atoms with E-state index in [1.807, 2.05) is 9.80 Å². The van der Waals surface area contributed by atoms with Crippen LogP contribution in [0.4, 0.5) is 0 Å². The number of carbonyl (C=O) groups excluding carboxylic acids is 2. The summed E-state index contributed by atoms with van der Waals surface area (Å²) in [7, 11) is 0. The van der Waals surface area contributed by atoms with Crippen LogP contribution in [0.1, 0.15) is 32.1 Å². The van der Waals surface area contributed by atoms with Crippen LogP contribution in [0.5, 0.6) is 0 Å². The van der Waals surface area contributed by atoms with E-state index < -0.39 is 5.54 Å². The largest absolute Gasteiger partial charge is 0.369 e. The molecule has 2 aliphatic rings. The minimum atomic E-state index is -0.640. The number of carbonyl (C=O) groups is 2. The molecule has 0 atom stereocenters. The topological polar surface area (TPSA) is 92.7 Å². The summed E-state index contributed by atoms with van der Waals surface area (Å²) in [5, 5.41) is 0. The van der Waals surface area contributed by atoms with Gasteiger partial charge in [0.2, 0.25) is 11.8 Å². The molecule has 0 aromatic heterocycles. The monoisotopic (exact) mass is 268 g/mol. The van der Waals surface area contributed by atoms with E-state index in [1.165, 1.54) is 0 Å². The van der Waals surface area contributed by atoms with Gasteiger partial charge in [-0.05, 0) is 19.3 Å². The van der Waals surface area contributed by atoms with Crippen molar-refractivity contribution in [2.24, 2.45) is 11.5 Å². The number of hydrogen-bond donors (Lipinski definition) is 2. The zero-order valence-corrected chi connectivity index (χ0v) is 11.4. The highest BCUT2D eigenvalue weighted by Crippen LogP contribution is 2.29. The van der Waals surface area contributed by atoms with E-state index in [1.54, 1.807) is 0 Å². The van der Waals surface area contributed by atoms with E-state index in [-0.39, 0.29) is 18.4 Å². The summed E-state index contributed by atoms with van der Waals surface area (Å²) >= 11 is 0. The van der Waals surface area contributed by atoms with Crippen LogP contribution in [0.25, 0.3) is 0 Å². The molecular weight excluding hydrogens is 244 g/mol. The van der Waals surface area contributed by atoms with Crippen LogP contribution in [0.2, 0.25) is 0 Å². The summed E-state index contributed by atoms with van der Waals surface area (Å²) in [6.45, 7) is 3.16. The maximum atomic E-state index is 12.5. The van der Waals surface area contributed by atoms with Gasteiger partial charge in [0, 0.05) is 26.2 Å². The van der Waals surface area contributed by atoms with Crippen LogP contribution in [0.3, 0.4) is 0 Å². The fraction of sp³-hybridized carbons (Fsp3) is 0.846.